The lowest BCUT2D eigenvalue weighted by atomic mass is 9.82. The molecule has 0 heterocycles. The zero-order valence-corrected chi connectivity index (χ0v) is 18.8. The van der Waals surface area contributed by atoms with Crippen LogP contribution in [0.2, 0.25) is 0 Å². The molecule has 2 aromatic carbocycles. The third-order valence-electron chi connectivity index (χ3n) is 5.30. The molecule has 2 unspecified atom stereocenters. The summed E-state index contributed by atoms with van der Waals surface area (Å²) >= 11 is 0. The second kappa shape index (κ2) is 9.87. The van der Waals surface area contributed by atoms with Gasteiger partial charge in [0.2, 0.25) is 0 Å². The highest BCUT2D eigenvalue weighted by atomic mass is 14.7. The summed E-state index contributed by atoms with van der Waals surface area (Å²) in [4.78, 5) is 4.31. The minimum absolute atomic E-state index is 0.318. The molecule has 0 radical (unpaired) electrons. The molecule has 28 heavy (non-hydrogen) atoms. The topological polar surface area (TPSA) is 12.4 Å². The highest BCUT2D eigenvalue weighted by Crippen LogP contribution is 2.34. The van der Waals surface area contributed by atoms with Crippen LogP contribution in [0.5, 0.6) is 0 Å². The van der Waals surface area contributed by atoms with Crippen molar-refractivity contribution in [3.63, 3.8) is 0 Å². The number of hydrogen-bond donors (Lipinski definition) is 0. The van der Waals surface area contributed by atoms with E-state index in [2.05, 4.69) is 95.1 Å². The molecule has 1 heteroatoms. The van der Waals surface area contributed by atoms with Crippen molar-refractivity contribution in [1.29, 1.82) is 0 Å². The summed E-state index contributed by atoms with van der Waals surface area (Å²) in [5.41, 5.74) is 7.17. The van der Waals surface area contributed by atoms with E-state index in [1.165, 1.54) is 27.8 Å². The smallest absolute Gasteiger partial charge is 0.0299 e. The minimum Gasteiger partial charge on any atom is -0.269 e. The monoisotopic (exact) mass is 375 g/mol. The van der Waals surface area contributed by atoms with Crippen molar-refractivity contribution in [3.05, 3.63) is 77.0 Å². The molecule has 0 aliphatic heterocycles. The maximum atomic E-state index is 4.31. The van der Waals surface area contributed by atoms with Crippen LogP contribution < -0.4 is 0 Å². The Morgan fingerprint density at radius 1 is 1.00 bits per heavy atom. The summed E-state index contributed by atoms with van der Waals surface area (Å²) in [6.07, 6.45) is 6.06. The summed E-state index contributed by atoms with van der Waals surface area (Å²) in [6.45, 7) is 15.7. The van der Waals surface area contributed by atoms with Crippen molar-refractivity contribution < 1.29 is 0 Å². The molecular formula is C27H37N. The fourth-order valence-electron chi connectivity index (χ4n) is 3.96. The van der Waals surface area contributed by atoms with Crippen molar-refractivity contribution in [3.8, 4) is 0 Å². The number of aliphatic imine (C=N–C) groups is 1. The third-order valence-corrected chi connectivity index (χ3v) is 5.30. The Morgan fingerprint density at radius 2 is 1.71 bits per heavy atom. The fraction of sp³-hybridized carbons (Fsp3) is 0.444. The van der Waals surface area contributed by atoms with Gasteiger partial charge in [-0.2, -0.15) is 0 Å². The average molecular weight is 376 g/mol. The number of allylic oxidation sites excluding steroid dienone is 1. The van der Waals surface area contributed by atoms with E-state index in [4.69, 9.17) is 0 Å². The van der Waals surface area contributed by atoms with Gasteiger partial charge in [0.15, 0.2) is 0 Å². The maximum Gasteiger partial charge on any atom is 0.0299 e. The third kappa shape index (κ3) is 6.48. The van der Waals surface area contributed by atoms with E-state index in [9.17, 15) is 0 Å². The molecule has 2 aromatic rings. The van der Waals surface area contributed by atoms with E-state index in [1.807, 2.05) is 19.3 Å². The second-order valence-electron chi connectivity index (χ2n) is 9.33. The Labute approximate surface area is 172 Å². The average Bonchev–Trinajstić information content (AvgIpc) is 2.64. The van der Waals surface area contributed by atoms with Gasteiger partial charge in [0.1, 0.15) is 0 Å². The van der Waals surface area contributed by atoms with Crippen LogP contribution in [0.4, 0.5) is 0 Å². The van der Waals surface area contributed by atoms with E-state index in [0.717, 1.165) is 12.8 Å². The molecular weight excluding hydrogens is 338 g/mol. The Morgan fingerprint density at radius 3 is 2.39 bits per heavy atom. The van der Waals surface area contributed by atoms with E-state index in [1.54, 1.807) is 0 Å². The molecule has 150 valence electrons. The number of rotatable bonds is 7. The standard InChI is InChI=1S/C27H37N/c1-8-28-19-22(4)26-15-10-9-14-25(26)21(3)16-20(2)24-13-11-12-23(17-24)18-27(5,6)7/h8-15,17,19-21H,16,18H2,1-7H3/b22-19+,28-8-. The molecule has 0 aliphatic rings. The Bertz CT molecular complexity index is 820. The van der Waals surface area contributed by atoms with Crippen molar-refractivity contribution in [2.75, 3.05) is 0 Å². The molecule has 2 rings (SSSR count). The molecule has 0 aromatic heterocycles. The first-order valence-corrected chi connectivity index (χ1v) is 10.5. The normalized spacial score (nSPS) is 15.0. The highest BCUT2D eigenvalue weighted by molar-refractivity contribution is 5.68. The minimum atomic E-state index is 0.318. The molecule has 0 fully saturated rings. The highest BCUT2D eigenvalue weighted by Gasteiger charge is 2.17. The van der Waals surface area contributed by atoms with E-state index in [-0.39, 0.29) is 0 Å². The van der Waals surface area contributed by atoms with Gasteiger partial charge < -0.3 is 0 Å². The summed E-state index contributed by atoms with van der Waals surface area (Å²) in [5, 5.41) is 0. The maximum absolute atomic E-state index is 4.31. The lowest BCUT2D eigenvalue weighted by Crippen LogP contribution is -2.10. The van der Waals surface area contributed by atoms with Crippen molar-refractivity contribution in [2.24, 2.45) is 10.4 Å². The lowest BCUT2D eigenvalue weighted by Gasteiger charge is -2.22. The van der Waals surface area contributed by atoms with Crippen LogP contribution in [0, 0.1) is 5.41 Å². The molecule has 0 bridgehead atoms. The van der Waals surface area contributed by atoms with Crippen LogP contribution in [0.3, 0.4) is 0 Å². The van der Waals surface area contributed by atoms with Gasteiger partial charge in [0.05, 0.1) is 0 Å². The summed E-state index contributed by atoms with van der Waals surface area (Å²) in [5.74, 6) is 1.02. The molecule has 0 N–H and O–H groups in total. The number of hydrogen-bond acceptors (Lipinski definition) is 1. The van der Waals surface area contributed by atoms with E-state index in [0.29, 0.717) is 17.3 Å². The van der Waals surface area contributed by atoms with Crippen LogP contribution in [0.25, 0.3) is 5.57 Å². The largest absolute Gasteiger partial charge is 0.269 e. The first-order valence-electron chi connectivity index (χ1n) is 10.5. The molecule has 0 spiro atoms. The van der Waals surface area contributed by atoms with Gasteiger partial charge in [0, 0.05) is 12.4 Å². The Hall–Kier alpha value is -2.15. The van der Waals surface area contributed by atoms with Gasteiger partial charge in [0.25, 0.3) is 0 Å². The first-order chi connectivity index (χ1) is 13.2. The van der Waals surface area contributed by atoms with Gasteiger partial charge >= 0.3 is 0 Å². The zero-order valence-electron chi connectivity index (χ0n) is 18.8. The predicted molar refractivity (Wildman–Crippen MR) is 125 cm³/mol. The Balaban J connectivity index is 2.20. The van der Waals surface area contributed by atoms with Crippen LogP contribution in [0.15, 0.2) is 59.7 Å². The summed E-state index contributed by atoms with van der Waals surface area (Å²) in [6, 6.07) is 18.0. The van der Waals surface area contributed by atoms with Gasteiger partial charge in [-0.1, -0.05) is 83.1 Å². The molecule has 1 nitrogen and oxygen atoms in total. The van der Waals surface area contributed by atoms with Crippen molar-refractivity contribution in [1.82, 2.24) is 0 Å². The molecule has 0 saturated heterocycles. The molecule has 0 saturated carbocycles. The van der Waals surface area contributed by atoms with Crippen LogP contribution in [-0.4, -0.2) is 6.21 Å². The lowest BCUT2D eigenvalue weighted by molar-refractivity contribution is 0.411. The van der Waals surface area contributed by atoms with E-state index < -0.39 is 0 Å². The van der Waals surface area contributed by atoms with Gasteiger partial charge in [-0.25, -0.2) is 0 Å². The van der Waals surface area contributed by atoms with Gasteiger partial charge in [-0.15, -0.1) is 0 Å². The van der Waals surface area contributed by atoms with Crippen molar-refractivity contribution >= 4 is 11.8 Å². The summed E-state index contributed by atoms with van der Waals surface area (Å²) < 4.78 is 0. The van der Waals surface area contributed by atoms with Crippen LogP contribution >= 0.6 is 0 Å². The predicted octanol–water partition coefficient (Wildman–Crippen LogP) is 8.02. The number of nitrogens with zero attached hydrogens (tertiary/aromatic N) is 1. The molecule has 2 atom stereocenters. The van der Waals surface area contributed by atoms with Crippen molar-refractivity contribution in [2.45, 2.75) is 73.1 Å². The number of benzene rings is 2. The van der Waals surface area contributed by atoms with Gasteiger partial charge in [-0.05, 0) is 71.8 Å². The second-order valence-corrected chi connectivity index (χ2v) is 9.33. The van der Waals surface area contributed by atoms with E-state index >= 15 is 0 Å². The SMILES string of the molecule is C/C=N\C=C(/C)c1ccccc1C(C)CC(C)c1cccc(CC(C)(C)C)c1. The molecule has 0 amide bonds. The van der Waals surface area contributed by atoms with Crippen LogP contribution in [-0.2, 0) is 6.42 Å². The molecule has 0 aliphatic carbocycles. The Kier molecular flexibility index (Phi) is 7.80. The van der Waals surface area contributed by atoms with Gasteiger partial charge in [-0.3, -0.25) is 4.99 Å². The quantitative estimate of drug-likeness (QED) is 0.434. The summed E-state index contributed by atoms with van der Waals surface area (Å²) in [7, 11) is 0. The zero-order chi connectivity index (χ0) is 20.7. The van der Waals surface area contributed by atoms with Crippen LogP contribution in [0.1, 0.15) is 89.0 Å². The first kappa shape index (κ1) is 22.1. The fourth-order valence-corrected chi connectivity index (χ4v) is 3.96.